The van der Waals surface area contributed by atoms with Gasteiger partial charge in [-0.15, -0.1) is 0 Å². The number of nitrogens with zero attached hydrogens (tertiary/aromatic N) is 3. The van der Waals surface area contributed by atoms with Gasteiger partial charge in [0.1, 0.15) is 16.1 Å². The van der Waals surface area contributed by atoms with E-state index >= 15 is 0 Å². The van der Waals surface area contributed by atoms with Gasteiger partial charge in [0.2, 0.25) is 0 Å². The number of fused-ring (bicyclic) bond motifs is 1. The minimum absolute atomic E-state index is 1.01. The second-order valence-corrected chi connectivity index (χ2v) is 4.42. The van der Waals surface area contributed by atoms with Crippen LogP contribution in [0.15, 0.2) is 29.1 Å². The third-order valence-electron chi connectivity index (χ3n) is 2.70. The number of imidazole rings is 1. The van der Waals surface area contributed by atoms with Crippen molar-refractivity contribution in [2.75, 3.05) is 0 Å². The Bertz CT molecular complexity index is 490. The fraction of sp³-hybridized carbons (Fsp3) is 0.273. The summed E-state index contributed by atoms with van der Waals surface area (Å²) < 4.78 is 3.32. The van der Waals surface area contributed by atoms with E-state index in [0.717, 1.165) is 28.8 Å². The van der Waals surface area contributed by atoms with E-state index in [4.69, 9.17) is 0 Å². The Morgan fingerprint density at radius 2 is 2.33 bits per heavy atom. The highest BCUT2D eigenvalue weighted by molar-refractivity contribution is 9.10. The first kappa shape index (κ1) is 9.09. The maximum Gasteiger partial charge on any atom is 0.113 e. The van der Waals surface area contributed by atoms with E-state index in [1.165, 1.54) is 12.2 Å². The summed E-state index contributed by atoms with van der Waals surface area (Å²) in [6.07, 6.45) is 5.91. The van der Waals surface area contributed by atoms with E-state index in [1.807, 2.05) is 18.3 Å². The first-order valence-corrected chi connectivity index (χ1v) is 5.81. The van der Waals surface area contributed by atoms with Crippen molar-refractivity contribution in [3.05, 3.63) is 35.0 Å². The van der Waals surface area contributed by atoms with Crippen LogP contribution in [0.25, 0.3) is 11.3 Å². The number of rotatable bonds is 1. The Morgan fingerprint density at radius 1 is 1.40 bits per heavy atom. The van der Waals surface area contributed by atoms with Crippen LogP contribution in [0.5, 0.6) is 0 Å². The zero-order valence-electron chi connectivity index (χ0n) is 8.15. The zero-order chi connectivity index (χ0) is 10.3. The molecule has 3 rings (SSSR count). The molecule has 0 bridgehead atoms. The lowest BCUT2D eigenvalue weighted by Gasteiger charge is -1.99. The summed E-state index contributed by atoms with van der Waals surface area (Å²) in [4.78, 5) is 8.75. The van der Waals surface area contributed by atoms with Crippen LogP contribution in [-0.4, -0.2) is 14.5 Å². The molecule has 1 aliphatic rings. The molecule has 0 atom stereocenters. The summed E-state index contributed by atoms with van der Waals surface area (Å²) in [6.45, 7) is 1.07. The van der Waals surface area contributed by atoms with E-state index in [1.54, 1.807) is 6.20 Å². The second-order valence-electron chi connectivity index (χ2n) is 3.66. The molecule has 3 heterocycles. The van der Waals surface area contributed by atoms with Gasteiger partial charge in [-0.25, -0.2) is 4.98 Å². The summed E-state index contributed by atoms with van der Waals surface area (Å²) in [7, 11) is 0. The van der Waals surface area contributed by atoms with E-state index in [-0.39, 0.29) is 0 Å². The van der Waals surface area contributed by atoms with Crippen LogP contribution in [0.3, 0.4) is 0 Å². The quantitative estimate of drug-likeness (QED) is 0.792. The van der Waals surface area contributed by atoms with Crippen molar-refractivity contribution in [1.29, 1.82) is 0 Å². The lowest BCUT2D eigenvalue weighted by molar-refractivity contribution is 0.736. The largest absolute Gasteiger partial charge is 0.322 e. The zero-order valence-corrected chi connectivity index (χ0v) is 9.74. The average Bonchev–Trinajstić information content (AvgIpc) is 2.83. The molecule has 0 fully saturated rings. The van der Waals surface area contributed by atoms with Gasteiger partial charge in [-0.1, -0.05) is 0 Å². The minimum atomic E-state index is 1.01. The van der Waals surface area contributed by atoms with Crippen LogP contribution in [0.2, 0.25) is 0 Å². The molecule has 76 valence electrons. The molecule has 1 aliphatic heterocycles. The highest BCUT2D eigenvalue weighted by Gasteiger charge is 2.19. The van der Waals surface area contributed by atoms with Crippen LogP contribution >= 0.6 is 15.9 Å². The van der Waals surface area contributed by atoms with Crippen LogP contribution in [0.4, 0.5) is 0 Å². The molecule has 4 heteroatoms. The van der Waals surface area contributed by atoms with Gasteiger partial charge in [0.25, 0.3) is 0 Å². The topological polar surface area (TPSA) is 30.7 Å². The maximum atomic E-state index is 4.64. The van der Waals surface area contributed by atoms with Crippen molar-refractivity contribution >= 4 is 15.9 Å². The highest BCUT2D eigenvalue weighted by Crippen LogP contribution is 2.31. The third kappa shape index (κ3) is 1.40. The average molecular weight is 264 g/mol. The predicted octanol–water partition coefficient (Wildman–Crippen LogP) is 2.65. The second kappa shape index (κ2) is 3.45. The fourth-order valence-corrected chi connectivity index (χ4v) is 2.68. The third-order valence-corrected chi connectivity index (χ3v) is 3.51. The van der Waals surface area contributed by atoms with Gasteiger partial charge >= 0.3 is 0 Å². The lowest BCUT2D eigenvalue weighted by atomic mass is 10.2. The summed E-state index contributed by atoms with van der Waals surface area (Å²) in [6, 6.07) is 3.97. The first-order valence-electron chi connectivity index (χ1n) is 5.01. The smallest absolute Gasteiger partial charge is 0.113 e. The van der Waals surface area contributed by atoms with Crippen molar-refractivity contribution < 1.29 is 0 Å². The van der Waals surface area contributed by atoms with Gasteiger partial charge in [-0.3, -0.25) is 4.98 Å². The Morgan fingerprint density at radius 3 is 3.07 bits per heavy atom. The molecule has 0 saturated heterocycles. The molecule has 0 aliphatic carbocycles. The van der Waals surface area contributed by atoms with Gasteiger partial charge < -0.3 is 4.57 Å². The van der Waals surface area contributed by atoms with Gasteiger partial charge in [0.05, 0.1) is 0 Å². The monoisotopic (exact) mass is 263 g/mol. The Hall–Kier alpha value is -1.16. The van der Waals surface area contributed by atoms with Gasteiger partial charge in [-0.05, 0) is 34.5 Å². The summed E-state index contributed by atoms with van der Waals surface area (Å²) in [5, 5.41) is 0. The molecule has 15 heavy (non-hydrogen) atoms. The van der Waals surface area contributed by atoms with E-state index in [9.17, 15) is 0 Å². The van der Waals surface area contributed by atoms with Crippen LogP contribution < -0.4 is 0 Å². The number of aryl methyl sites for hydroxylation is 1. The molecule has 0 saturated carbocycles. The lowest BCUT2D eigenvalue weighted by Crippen LogP contribution is -1.91. The van der Waals surface area contributed by atoms with E-state index in [2.05, 4.69) is 30.5 Å². The normalized spacial score (nSPS) is 14.2. The van der Waals surface area contributed by atoms with Crippen molar-refractivity contribution in [3.8, 4) is 11.3 Å². The molecule has 0 radical (unpaired) electrons. The molecule has 0 unspecified atom stereocenters. The van der Waals surface area contributed by atoms with Crippen LogP contribution in [0, 0.1) is 0 Å². The van der Waals surface area contributed by atoms with Crippen LogP contribution in [-0.2, 0) is 13.0 Å². The SMILES string of the molecule is Brc1c(-c2cccnc2)nc2n1CCC2. The molecule has 3 nitrogen and oxygen atoms in total. The first-order chi connectivity index (χ1) is 7.36. The van der Waals surface area contributed by atoms with Crippen molar-refractivity contribution in [2.45, 2.75) is 19.4 Å². The number of halogens is 1. The standard InChI is InChI=1S/C11H10BrN3/c12-11-10(8-3-1-5-13-7-8)14-9-4-2-6-15(9)11/h1,3,5,7H,2,4,6H2. The molecule has 0 aromatic carbocycles. The Kier molecular flexibility index (Phi) is 2.09. The summed E-state index contributed by atoms with van der Waals surface area (Å²) in [5.74, 6) is 1.18. The summed E-state index contributed by atoms with van der Waals surface area (Å²) in [5.41, 5.74) is 2.09. The van der Waals surface area contributed by atoms with Crippen molar-refractivity contribution in [1.82, 2.24) is 14.5 Å². The van der Waals surface area contributed by atoms with Gasteiger partial charge in [0.15, 0.2) is 0 Å². The molecular formula is C11H10BrN3. The van der Waals surface area contributed by atoms with E-state index in [0.29, 0.717) is 0 Å². The number of aromatic nitrogens is 3. The number of hydrogen-bond donors (Lipinski definition) is 0. The molecular weight excluding hydrogens is 254 g/mol. The molecule has 0 amide bonds. The Labute approximate surface area is 96.3 Å². The summed E-state index contributed by atoms with van der Waals surface area (Å²) >= 11 is 3.61. The minimum Gasteiger partial charge on any atom is -0.322 e. The number of hydrogen-bond acceptors (Lipinski definition) is 2. The predicted molar refractivity (Wildman–Crippen MR) is 61.5 cm³/mol. The van der Waals surface area contributed by atoms with E-state index < -0.39 is 0 Å². The molecule has 0 spiro atoms. The Balaban J connectivity index is 2.14. The maximum absolute atomic E-state index is 4.64. The fourth-order valence-electron chi connectivity index (χ4n) is 1.98. The molecule has 2 aromatic heterocycles. The number of pyridine rings is 1. The van der Waals surface area contributed by atoms with Crippen LogP contribution in [0.1, 0.15) is 12.2 Å². The van der Waals surface area contributed by atoms with Crippen molar-refractivity contribution in [2.24, 2.45) is 0 Å². The van der Waals surface area contributed by atoms with Crippen molar-refractivity contribution in [3.63, 3.8) is 0 Å². The highest BCUT2D eigenvalue weighted by atomic mass is 79.9. The molecule has 0 N–H and O–H groups in total. The van der Waals surface area contributed by atoms with Gasteiger partial charge in [0, 0.05) is 30.9 Å². The van der Waals surface area contributed by atoms with Gasteiger partial charge in [-0.2, -0.15) is 0 Å². The molecule has 2 aromatic rings.